The van der Waals surface area contributed by atoms with E-state index in [9.17, 15) is 0 Å². The smallest absolute Gasteiger partial charge is 0.400 e. The van der Waals surface area contributed by atoms with Gasteiger partial charge in [0.2, 0.25) is 0 Å². The van der Waals surface area contributed by atoms with E-state index in [1.165, 1.54) is 31.3 Å². The molecule has 0 unspecified atom stereocenters. The van der Waals surface area contributed by atoms with Gasteiger partial charge in [0.15, 0.2) is 0 Å². The van der Waals surface area contributed by atoms with Crippen LogP contribution in [0.25, 0.3) is 0 Å². The minimum absolute atomic E-state index is 0.224. The lowest BCUT2D eigenvalue weighted by atomic mass is 9.85. The molecule has 0 atom stereocenters. The zero-order valence-electron chi connectivity index (χ0n) is 14.9. The second kappa shape index (κ2) is 8.19. The van der Waals surface area contributed by atoms with Crippen LogP contribution in [0.1, 0.15) is 80.1 Å². The van der Waals surface area contributed by atoms with Crippen molar-refractivity contribution in [3.63, 3.8) is 0 Å². The second-order valence-corrected chi connectivity index (χ2v) is 7.01. The average Bonchev–Trinajstić information content (AvgIpc) is 2.59. The first-order valence-electron chi connectivity index (χ1n) is 8.55. The largest absolute Gasteiger partial charge is 0.487 e. The molecule has 1 aliphatic heterocycles. The molecule has 0 saturated carbocycles. The normalized spacial score (nSPS) is 21.4. The summed E-state index contributed by atoms with van der Waals surface area (Å²) in [6.45, 7) is 12.9. The zero-order valence-corrected chi connectivity index (χ0v) is 14.9. The molecule has 0 aliphatic carbocycles. The standard InChI is InChI=1S/C18H33BO2/c1-7-9-11-12-14-16(13-10-8-2)15-19-20-17(3,4)18(5,6)21-19/h12,14-15H,7-11,13H2,1-6H3/b14-12+,16-15-. The Hall–Kier alpha value is -0.535. The van der Waals surface area contributed by atoms with Crippen LogP contribution >= 0.6 is 0 Å². The monoisotopic (exact) mass is 292 g/mol. The SMILES string of the molecule is CCCC/C=C/C(=C\B1OC(C)(C)C(C)(C)O1)CCCC. The van der Waals surface area contributed by atoms with Gasteiger partial charge >= 0.3 is 7.12 Å². The van der Waals surface area contributed by atoms with Gasteiger partial charge in [-0.2, -0.15) is 0 Å². The molecule has 120 valence electrons. The van der Waals surface area contributed by atoms with Crippen LogP contribution in [0.5, 0.6) is 0 Å². The Bertz CT molecular complexity index is 353. The van der Waals surface area contributed by atoms with E-state index >= 15 is 0 Å². The van der Waals surface area contributed by atoms with Crippen LogP contribution in [0.15, 0.2) is 23.7 Å². The van der Waals surface area contributed by atoms with Crippen LogP contribution in [0, 0.1) is 0 Å². The Morgan fingerprint density at radius 1 is 0.952 bits per heavy atom. The Morgan fingerprint density at radius 3 is 2.05 bits per heavy atom. The second-order valence-electron chi connectivity index (χ2n) is 7.01. The van der Waals surface area contributed by atoms with Gasteiger partial charge < -0.3 is 9.31 Å². The lowest BCUT2D eigenvalue weighted by Gasteiger charge is -2.32. The highest BCUT2D eigenvalue weighted by Crippen LogP contribution is 2.37. The quantitative estimate of drug-likeness (QED) is 0.335. The fourth-order valence-corrected chi connectivity index (χ4v) is 2.29. The molecule has 3 heteroatoms. The summed E-state index contributed by atoms with van der Waals surface area (Å²) in [5, 5.41) is 0. The van der Waals surface area contributed by atoms with Gasteiger partial charge in [-0.1, -0.05) is 56.8 Å². The third-order valence-electron chi connectivity index (χ3n) is 4.50. The number of allylic oxidation sites excluding steroid dienone is 3. The van der Waals surface area contributed by atoms with Crippen molar-refractivity contribution in [3.8, 4) is 0 Å². The van der Waals surface area contributed by atoms with E-state index in [1.807, 2.05) is 0 Å². The van der Waals surface area contributed by atoms with Crippen molar-refractivity contribution in [2.75, 3.05) is 0 Å². The first-order valence-corrected chi connectivity index (χ1v) is 8.55. The highest BCUT2D eigenvalue weighted by molar-refractivity contribution is 6.51. The van der Waals surface area contributed by atoms with E-state index in [0.29, 0.717) is 0 Å². The third kappa shape index (κ3) is 5.63. The van der Waals surface area contributed by atoms with Crippen LogP contribution < -0.4 is 0 Å². The predicted octanol–water partition coefficient (Wildman–Crippen LogP) is 5.48. The van der Waals surface area contributed by atoms with Crippen molar-refractivity contribution in [2.45, 2.75) is 91.3 Å². The molecular formula is C18H33BO2. The molecule has 0 spiro atoms. The zero-order chi connectivity index (χ0) is 15.9. The topological polar surface area (TPSA) is 18.5 Å². The van der Waals surface area contributed by atoms with Gasteiger partial charge in [0.1, 0.15) is 0 Å². The maximum Gasteiger partial charge on any atom is 0.487 e. The van der Waals surface area contributed by atoms with Crippen molar-refractivity contribution >= 4 is 7.12 Å². The molecule has 0 bridgehead atoms. The molecule has 0 aromatic carbocycles. The molecule has 1 fully saturated rings. The van der Waals surface area contributed by atoms with Gasteiger partial charge in [0.25, 0.3) is 0 Å². The molecule has 1 heterocycles. The molecule has 2 nitrogen and oxygen atoms in total. The molecule has 1 rings (SSSR count). The van der Waals surface area contributed by atoms with Crippen molar-refractivity contribution in [2.24, 2.45) is 0 Å². The Kier molecular flexibility index (Phi) is 7.22. The lowest BCUT2D eigenvalue weighted by molar-refractivity contribution is 0.00578. The van der Waals surface area contributed by atoms with E-state index in [0.717, 1.165) is 12.8 Å². The van der Waals surface area contributed by atoms with Gasteiger partial charge in [-0.3, -0.25) is 0 Å². The third-order valence-corrected chi connectivity index (χ3v) is 4.50. The number of rotatable bonds is 8. The van der Waals surface area contributed by atoms with Gasteiger partial charge in [-0.25, -0.2) is 0 Å². The van der Waals surface area contributed by atoms with Gasteiger partial charge in [-0.15, -0.1) is 0 Å². The molecule has 1 saturated heterocycles. The number of hydrogen-bond donors (Lipinski definition) is 0. The predicted molar refractivity (Wildman–Crippen MR) is 92.4 cm³/mol. The fraction of sp³-hybridized carbons (Fsp3) is 0.778. The maximum atomic E-state index is 6.07. The van der Waals surface area contributed by atoms with Crippen molar-refractivity contribution in [1.82, 2.24) is 0 Å². The first kappa shape index (κ1) is 18.5. The minimum atomic E-state index is -0.254. The molecule has 0 aromatic heterocycles. The maximum absolute atomic E-state index is 6.07. The molecular weight excluding hydrogens is 259 g/mol. The number of hydrogen-bond acceptors (Lipinski definition) is 2. The van der Waals surface area contributed by atoms with Crippen LogP contribution in [-0.2, 0) is 9.31 Å². The molecule has 1 aliphatic rings. The highest BCUT2D eigenvalue weighted by atomic mass is 16.7. The van der Waals surface area contributed by atoms with Crippen LogP contribution in [0.2, 0.25) is 0 Å². The van der Waals surface area contributed by atoms with Crippen molar-refractivity contribution < 1.29 is 9.31 Å². The lowest BCUT2D eigenvalue weighted by Crippen LogP contribution is -2.41. The summed E-state index contributed by atoms with van der Waals surface area (Å²) in [7, 11) is -0.224. The molecule has 0 N–H and O–H groups in total. The Morgan fingerprint density at radius 2 is 1.52 bits per heavy atom. The Balaban J connectivity index is 2.72. The van der Waals surface area contributed by atoms with Gasteiger partial charge in [0.05, 0.1) is 11.2 Å². The van der Waals surface area contributed by atoms with Crippen molar-refractivity contribution in [3.05, 3.63) is 23.7 Å². The van der Waals surface area contributed by atoms with Crippen LogP contribution in [0.4, 0.5) is 0 Å². The van der Waals surface area contributed by atoms with Gasteiger partial charge in [0, 0.05) is 0 Å². The first-order chi connectivity index (χ1) is 9.82. The summed E-state index contributed by atoms with van der Waals surface area (Å²) < 4.78 is 12.1. The minimum Gasteiger partial charge on any atom is -0.400 e. The number of unbranched alkanes of at least 4 members (excludes halogenated alkanes) is 3. The van der Waals surface area contributed by atoms with Crippen molar-refractivity contribution in [1.29, 1.82) is 0 Å². The molecule has 0 aromatic rings. The summed E-state index contributed by atoms with van der Waals surface area (Å²) in [6.07, 6.45) is 11.7. The summed E-state index contributed by atoms with van der Waals surface area (Å²) >= 11 is 0. The van der Waals surface area contributed by atoms with E-state index < -0.39 is 0 Å². The summed E-state index contributed by atoms with van der Waals surface area (Å²) in [5.41, 5.74) is 0.831. The Labute approximate surface area is 132 Å². The molecule has 0 radical (unpaired) electrons. The van der Waals surface area contributed by atoms with E-state index in [4.69, 9.17) is 9.31 Å². The molecule has 0 amide bonds. The van der Waals surface area contributed by atoms with E-state index in [1.54, 1.807) is 0 Å². The van der Waals surface area contributed by atoms with Crippen LogP contribution in [0.3, 0.4) is 0 Å². The highest BCUT2D eigenvalue weighted by Gasteiger charge is 2.50. The van der Waals surface area contributed by atoms with E-state index in [2.05, 4.69) is 59.7 Å². The fourth-order valence-electron chi connectivity index (χ4n) is 2.29. The van der Waals surface area contributed by atoms with E-state index in [-0.39, 0.29) is 18.3 Å². The average molecular weight is 292 g/mol. The summed E-state index contributed by atoms with van der Waals surface area (Å²) in [5.74, 6) is 2.16. The molecule has 21 heavy (non-hydrogen) atoms. The van der Waals surface area contributed by atoms with Crippen LogP contribution in [-0.4, -0.2) is 18.3 Å². The summed E-state index contributed by atoms with van der Waals surface area (Å²) in [4.78, 5) is 0. The van der Waals surface area contributed by atoms with Gasteiger partial charge in [-0.05, 0) is 47.0 Å². The summed E-state index contributed by atoms with van der Waals surface area (Å²) in [6, 6.07) is 0.